The quantitative estimate of drug-likeness (QED) is 0.444. The Morgan fingerprint density at radius 2 is 0.600 bits per heavy atom. The van der Waals surface area contributed by atoms with Crippen LogP contribution in [0.2, 0.25) is 0 Å². The van der Waals surface area contributed by atoms with E-state index >= 15 is 0 Å². The maximum absolute atomic E-state index is 10.6. The van der Waals surface area contributed by atoms with Crippen LogP contribution in [0.3, 0.4) is 0 Å². The molecule has 0 aromatic rings. The lowest BCUT2D eigenvalue weighted by molar-refractivity contribution is 0.193. The van der Waals surface area contributed by atoms with Crippen molar-refractivity contribution < 1.29 is 17.6 Å². The molecule has 10 heavy (non-hydrogen) atoms. The van der Waals surface area contributed by atoms with Gasteiger partial charge in [-0.15, -0.1) is 0 Å². The van der Waals surface area contributed by atoms with Crippen LogP contribution in [0.15, 0.2) is 0 Å². The molecule has 0 aromatic heterocycles. The van der Waals surface area contributed by atoms with Gasteiger partial charge in [-0.25, -0.2) is 0 Å². The minimum atomic E-state index is -3.56. The lowest BCUT2D eigenvalue weighted by Gasteiger charge is -1.87. The molecule has 64 valence electrons. The molecule has 0 fully saturated rings. The van der Waals surface area contributed by atoms with Gasteiger partial charge in [-0.3, -0.25) is 0 Å². The average Bonchev–Trinajstić information content (AvgIpc) is 1.12. The zero-order valence-corrected chi connectivity index (χ0v) is 7.05. The van der Waals surface area contributed by atoms with E-state index in [4.69, 9.17) is 0 Å². The van der Waals surface area contributed by atoms with E-state index in [1.54, 1.807) is 0 Å². The molecular weight excluding hydrogens is 242 g/mol. The summed E-state index contributed by atoms with van der Waals surface area (Å²) in [7, 11) is 0. The Balaban J connectivity index is 0. The Bertz CT molecular complexity index is 58.2. The standard InChI is InChI=1S/2CCl2F2/c2*2-1(3,4)5. The molecule has 0 N–H and O–H groups in total. The summed E-state index contributed by atoms with van der Waals surface area (Å²) >= 11 is 15.8. The summed E-state index contributed by atoms with van der Waals surface area (Å²) < 4.78 is 42.2. The van der Waals surface area contributed by atoms with Crippen molar-refractivity contribution >= 4 is 46.4 Å². The molecule has 0 radical (unpaired) electrons. The van der Waals surface area contributed by atoms with Crippen molar-refractivity contribution in [2.45, 2.75) is 9.68 Å². The number of hydrogen-bond donors (Lipinski definition) is 0. The Kier molecular flexibility index (Phi) is 6.33. The number of rotatable bonds is 0. The third-order valence-corrected chi connectivity index (χ3v) is 0. The molecule has 0 rings (SSSR count). The Labute approximate surface area is 74.0 Å². The van der Waals surface area contributed by atoms with Crippen molar-refractivity contribution in [1.82, 2.24) is 0 Å². The third-order valence-electron chi connectivity index (χ3n) is 0. The zero-order chi connectivity index (χ0) is 9.00. The Hall–Kier alpha value is 0.880. The smallest absolute Gasteiger partial charge is 0.172 e. The van der Waals surface area contributed by atoms with Crippen molar-refractivity contribution in [3.8, 4) is 0 Å². The second-order valence-electron chi connectivity index (χ2n) is 0.857. The Morgan fingerprint density at radius 3 is 0.600 bits per heavy atom. The normalized spacial score (nSPS) is 12.0. The molecule has 0 aromatic carbocycles. The molecular formula is C2Cl4F4. The molecule has 0 bridgehead atoms. The molecule has 0 nitrogen and oxygen atoms in total. The monoisotopic (exact) mass is 240 g/mol. The first-order chi connectivity index (χ1) is 4.00. The highest BCUT2D eigenvalue weighted by atomic mass is 35.5. The molecule has 0 atom stereocenters. The number of hydrogen-bond acceptors (Lipinski definition) is 0. The van der Waals surface area contributed by atoms with Crippen LogP contribution >= 0.6 is 46.4 Å². The highest BCUT2D eigenvalue weighted by Crippen LogP contribution is 2.22. The average molecular weight is 242 g/mol. The van der Waals surface area contributed by atoms with Gasteiger partial charge in [-0.05, 0) is 46.4 Å². The van der Waals surface area contributed by atoms with Gasteiger partial charge in [0.25, 0.3) is 0 Å². The second kappa shape index (κ2) is 4.70. The van der Waals surface area contributed by atoms with E-state index < -0.39 is 9.68 Å². The van der Waals surface area contributed by atoms with Crippen LogP contribution < -0.4 is 0 Å². The van der Waals surface area contributed by atoms with E-state index in [-0.39, 0.29) is 0 Å². The van der Waals surface area contributed by atoms with Crippen LogP contribution in [0.1, 0.15) is 0 Å². The molecule has 0 saturated heterocycles. The van der Waals surface area contributed by atoms with Gasteiger partial charge in [0.1, 0.15) is 0 Å². The maximum atomic E-state index is 10.6. The lowest BCUT2D eigenvalue weighted by atomic mass is 11.7. The van der Waals surface area contributed by atoms with Crippen LogP contribution in [-0.2, 0) is 0 Å². The summed E-state index contributed by atoms with van der Waals surface area (Å²) in [6, 6.07) is 0. The van der Waals surface area contributed by atoms with Gasteiger partial charge in [0.15, 0.2) is 0 Å². The van der Waals surface area contributed by atoms with Gasteiger partial charge in [0, 0.05) is 0 Å². The molecule has 0 aliphatic rings. The van der Waals surface area contributed by atoms with Crippen molar-refractivity contribution in [2.24, 2.45) is 0 Å². The minimum absolute atomic E-state index is 3.56. The molecule has 0 aliphatic carbocycles. The van der Waals surface area contributed by atoms with Crippen LogP contribution in [0, 0.1) is 0 Å². The van der Waals surface area contributed by atoms with Crippen molar-refractivity contribution in [3.05, 3.63) is 0 Å². The molecule has 0 saturated carbocycles. The van der Waals surface area contributed by atoms with Crippen LogP contribution in [0.5, 0.6) is 0 Å². The predicted molar refractivity (Wildman–Crippen MR) is 33.3 cm³/mol. The van der Waals surface area contributed by atoms with Crippen molar-refractivity contribution in [3.63, 3.8) is 0 Å². The summed E-state index contributed by atoms with van der Waals surface area (Å²) in [4.78, 5) is -7.11. The SMILES string of the molecule is FC(F)(Cl)Cl.FC(F)(Cl)Cl. The molecule has 0 unspecified atom stereocenters. The van der Waals surface area contributed by atoms with Gasteiger partial charge >= 0.3 is 9.68 Å². The van der Waals surface area contributed by atoms with Crippen molar-refractivity contribution in [1.29, 1.82) is 0 Å². The fourth-order valence-electron chi connectivity index (χ4n) is 0. The first kappa shape index (κ1) is 13.5. The molecule has 0 heterocycles. The lowest BCUT2D eigenvalue weighted by Crippen LogP contribution is -1.86. The first-order valence-electron chi connectivity index (χ1n) is 1.51. The van der Waals surface area contributed by atoms with Gasteiger partial charge < -0.3 is 0 Å². The second-order valence-corrected chi connectivity index (χ2v) is 3.14. The van der Waals surface area contributed by atoms with Gasteiger partial charge in [0.2, 0.25) is 0 Å². The predicted octanol–water partition coefficient (Wildman–Crippen LogP) is 4.03. The minimum Gasteiger partial charge on any atom is -0.172 e. The summed E-state index contributed by atoms with van der Waals surface area (Å²) in [6.45, 7) is 0. The van der Waals surface area contributed by atoms with E-state index in [0.29, 0.717) is 0 Å². The van der Waals surface area contributed by atoms with Crippen LogP contribution in [0.25, 0.3) is 0 Å². The molecule has 8 heteroatoms. The third kappa shape index (κ3) is 712. The molecule has 0 amide bonds. The molecule has 0 aliphatic heterocycles. The van der Waals surface area contributed by atoms with Crippen LogP contribution in [0.4, 0.5) is 17.6 Å². The Morgan fingerprint density at radius 1 is 0.600 bits per heavy atom. The number of alkyl halides is 8. The van der Waals surface area contributed by atoms with Gasteiger partial charge in [-0.1, -0.05) is 0 Å². The maximum Gasteiger partial charge on any atom is 0.401 e. The van der Waals surface area contributed by atoms with E-state index in [0.717, 1.165) is 0 Å². The van der Waals surface area contributed by atoms with E-state index in [1.807, 2.05) is 0 Å². The fraction of sp³-hybridized carbons (Fsp3) is 1.00. The van der Waals surface area contributed by atoms with E-state index in [1.165, 1.54) is 0 Å². The molecule has 0 spiro atoms. The van der Waals surface area contributed by atoms with Gasteiger partial charge in [0.05, 0.1) is 0 Å². The van der Waals surface area contributed by atoms with E-state index in [2.05, 4.69) is 46.4 Å². The van der Waals surface area contributed by atoms with Crippen molar-refractivity contribution in [2.75, 3.05) is 0 Å². The highest BCUT2D eigenvalue weighted by molar-refractivity contribution is 6.46. The summed E-state index contributed by atoms with van der Waals surface area (Å²) in [6.07, 6.45) is 0. The summed E-state index contributed by atoms with van der Waals surface area (Å²) in [5.41, 5.74) is 0. The van der Waals surface area contributed by atoms with Crippen LogP contribution in [-0.4, -0.2) is 9.68 Å². The number of halogens is 8. The fourth-order valence-corrected chi connectivity index (χ4v) is 0. The largest absolute Gasteiger partial charge is 0.401 e. The first-order valence-corrected chi connectivity index (χ1v) is 3.02. The zero-order valence-electron chi connectivity index (χ0n) is 4.02. The highest BCUT2D eigenvalue weighted by Gasteiger charge is 2.17. The summed E-state index contributed by atoms with van der Waals surface area (Å²) in [5, 5.41) is 0. The summed E-state index contributed by atoms with van der Waals surface area (Å²) in [5.74, 6) is 0. The van der Waals surface area contributed by atoms with Gasteiger partial charge in [-0.2, -0.15) is 17.6 Å². The topological polar surface area (TPSA) is 0 Å². The van der Waals surface area contributed by atoms with E-state index in [9.17, 15) is 17.6 Å².